The molecule has 0 spiro atoms. The topological polar surface area (TPSA) is 55.2 Å². The summed E-state index contributed by atoms with van der Waals surface area (Å²) in [5.74, 6) is 1.62. The summed E-state index contributed by atoms with van der Waals surface area (Å²) in [5.41, 5.74) is 3.39. The van der Waals surface area contributed by atoms with E-state index in [9.17, 15) is 9.59 Å². The summed E-state index contributed by atoms with van der Waals surface area (Å²) >= 11 is 1.63. The van der Waals surface area contributed by atoms with Gasteiger partial charge in [-0.2, -0.15) is 0 Å². The van der Waals surface area contributed by atoms with Gasteiger partial charge in [-0.25, -0.2) is 4.98 Å². The van der Waals surface area contributed by atoms with Crippen molar-refractivity contribution in [1.82, 2.24) is 14.5 Å². The smallest absolute Gasteiger partial charge is 0.257 e. The summed E-state index contributed by atoms with van der Waals surface area (Å²) in [5, 5.41) is 0.819. The van der Waals surface area contributed by atoms with Crippen molar-refractivity contribution in [2.24, 2.45) is 5.92 Å². The van der Waals surface area contributed by atoms with Crippen LogP contribution in [0.1, 0.15) is 55.0 Å². The molecule has 5 nitrogen and oxygen atoms in total. The van der Waals surface area contributed by atoms with Crippen LogP contribution in [0.2, 0.25) is 0 Å². The van der Waals surface area contributed by atoms with Crippen molar-refractivity contribution in [2.75, 3.05) is 18.8 Å². The van der Waals surface area contributed by atoms with Crippen molar-refractivity contribution >= 4 is 17.7 Å². The number of benzene rings is 1. The first kappa shape index (κ1) is 19.9. The van der Waals surface area contributed by atoms with Gasteiger partial charge >= 0.3 is 0 Å². The number of fused-ring (bicyclic) bond motifs is 2. The number of likely N-dealkylation sites (tertiary alicyclic amines) is 1. The van der Waals surface area contributed by atoms with Gasteiger partial charge in [0.15, 0.2) is 5.16 Å². The van der Waals surface area contributed by atoms with E-state index in [1.54, 1.807) is 11.8 Å². The normalized spacial score (nSPS) is 21.3. The molecule has 1 atom stereocenters. The predicted octanol–water partition coefficient (Wildman–Crippen LogP) is 3.64. The molecule has 1 aromatic heterocycles. The van der Waals surface area contributed by atoms with Crippen molar-refractivity contribution < 1.29 is 4.79 Å². The van der Waals surface area contributed by atoms with Crippen LogP contribution in [0, 0.1) is 5.92 Å². The average molecular weight is 424 g/mol. The molecule has 0 saturated carbocycles. The van der Waals surface area contributed by atoms with E-state index in [4.69, 9.17) is 4.98 Å². The van der Waals surface area contributed by atoms with Gasteiger partial charge in [0.2, 0.25) is 5.91 Å². The lowest BCUT2D eigenvalue weighted by Gasteiger charge is -2.33. The molecular weight excluding hydrogens is 394 g/mol. The molecule has 1 aliphatic carbocycles. The van der Waals surface area contributed by atoms with E-state index >= 15 is 0 Å². The van der Waals surface area contributed by atoms with Gasteiger partial charge in [0.25, 0.3) is 5.56 Å². The zero-order chi connectivity index (χ0) is 20.5. The molecule has 6 heteroatoms. The molecule has 158 valence electrons. The molecule has 1 saturated heterocycles. The lowest BCUT2D eigenvalue weighted by molar-refractivity contribution is -0.133. The quantitative estimate of drug-likeness (QED) is 0.705. The summed E-state index contributed by atoms with van der Waals surface area (Å²) in [6, 6.07) is 10.6. The number of carbonyl (C=O) groups excluding carboxylic acids is 1. The molecule has 1 aromatic carbocycles. The minimum Gasteiger partial charge on any atom is -0.343 e. The van der Waals surface area contributed by atoms with Gasteiger partial charge in [-0.15, -0.1) is 0 Å². The molecule has 1 amide bonds. The van der Waals surface area contributed by atoms with Crippen LogP contribution in [0.3, 0.4) is 0 Å². The molecule has 0 radical (unpaired) electrons. The Bertz CT molecular complexity index is 980. The Morgan fingerprint density at radius 3 is 2.67 bits per heavy atom. The van der Waals surface area contributed by atoms with Crippen molar-refractivity contribution in [3.63, 3.8) is 0 Å². The van der Waals surface area contributed by atoms with E-state index in [1.807, 2.05) is 9.47 Å². The number of amides is 1. The minimum absolute atomic E-state index is 0.0493. The second kappa shape index (κ2) is 8.58. The molecule has 0 N–H and O–H groups in total. The average Bonchev–Trinajstić information content (AvgIpc) is 3.18. The van der Waals surface area contributed by atoms with Crippen molar-refractivity contribution in [3.05, 3.63) is 57.5 Å². The third-order valence-electron chi connectivity index (χ3n) is 6.87. The zero-order valence-corrected chi connectivity index (χ0v) is 18.2. The molecule has 0 bridgehead atoms. The van der Waals surface area contributed by atoms with Gasteiger partial charge in [-0.05, 0) is 56.4 Å². The molecule has 2 aromatic rings. The SMILES string of the molecule is O=C(CC1CSc2nc3c(c(=O)n21)CCCC3)N1CCC(Cc2ccccc2)CC1. The highest BCUT2D eigenvalue weighted by Crippen LogP contribution is 2.34. The number of carbonyl (C=O) groups is 1. The maximum absolute atomic E-state index is 13.1. The summed E-state index contributed by atoms with van der Waals surface area (Å²) < 4.78 is 1.83. The number of piperidine rings is 1. The Balaban J connectivity index is 1.21. The Labute approximate surface area is 181 Å². The van der Waals surface area contributed by atoms with E-state index in [1.165, 1.54) is 5.56 Å². The zero-order valence-electron chi connectivity index (χ0n) is 17.4. The minimum atomic E-state index is -0.0493. The van der Waals surface area contributed by atoms with Gasteiger partial charge in [0.1, 0.15) is 0 Å². The van der Waals surface area contributed by atoms with E-state index in [0.717, 1.165) is 80.2 Å². The van der Waals surface area contributed by atoms with Crippen molar-refractivity contribution in [3.8, 4) is 0 Å². The number of aryl methyl sites for hydroxylation is 1. The Kier molecular flexibility index (Phi) is 5.68. The fraction of sp³-hybridized carbons (Fsp3) is 0.542. The fourth-order valence-electron chi connectivity index (χ4n) is 5.13. The summed E-state index contributed by atoms with van der Waals surface area (Å²) in [6.07, 6.45) is 7.58. The number of aromatic nitrogens is 2. The second-order valence-corrected chi connectivity index (χ2v) is 9.87. The van der Waals surface area contributed by atoms with Crippen LogP contribution in [0.4, 0.5) is 0 Å². The van der Waals surface area contributed by atoms with Crippen molar-refractivity contribution in [1.29, 1.82) is 0 Å². The molecular formula is C24H29N3O2S. The van der Waals surface area contributed by atoms with Gasteiger partial charge in [0.05, 0.1) is 11.7 Å². The lowest BCUT2D eigenvalue weighted by atomic mass is 9.90. The van der Waals surface area contributed by atoms with Gasteiger partial charge in [0, 0.05) is 30.8 Å². The van der Waals surface area contributed by atoms with E-state index < -0.39 is 0 Å². The molecule has 5 rings (SSSR count). The van der Waals surface area contributed by atoms with E-state index in [0.29, 0.717) is 12.3 Å². The first-order valence-electron chi connectivity index (χ1n) is 11.3. The van der Waals surface area contributed by atoms with E-state index in [-0.39, 0.29) is 17.5 Å². The van der Waals surface area contributed by atoms with Crippen LogP contribution in [0.15, 0.2) is 40.3 Å². The van der Waals surface area contributed by atoms with Crippen LogP contribution in [0.5, 0.6) is 0 Å². The fourth-order valence-corrected chi connectivity index (χ4v) is 6.28. The Morgan fingerprint density at radius 2 is 1.87 bits per heavy atom. The van der Waals surface area contributed by atoms with Gasteiger partial charge in [-0.1, -0.05) is 42.1 Å². The van der Waals surface area contributed by atoms with Crippen LogP contribution in [-0.2, 0) is 24.1 Å². The first-order chi connectivity index (χ1) is 14.7. The maximum Gasteiger partial charge on any atom is 0.257 e. The number of nitrogens with zero attached hydrogens (tertiary/aromatic N) is 3. The third kappa shape index (κ3) is 3.94. The number of hydrogen-bond acceptors (Lipinski definition) is 4. The molecule has 30 heavy (non-hydrogen) atoms. The second-order valence-electron chi connectivity index (χ2n) is 8.88. The maximum atomic E-state index is 13.1. The summed E-state index contributed by atoms with van der Waals surface area (Å²) in [6.45, 7) is 1.67. The van der Waals surface area contributed by atoms with E-state index in [2.05, 4.69) is 30.3 Å². The highest BCUT2D eigenvalue weighted by atomic mass is 32.2. The molecule has 3 aliphatic rings. The lowest BCUT2D eigenvalue weighted by Crippen LogP contribution is -2.40. The summed E-state index contributed by atoms with van der Waals surface area (Å²) in [7, 11) is 0. The van der Waals surface area contributed by atoms with Gasteiger partial charge < -0.3 is 4.90 Å². The van der Waals surface area contributed by atoms with Crippen LogP contribution in [0.25, 0.3) is 0 Å². The highest BCUT2D eigenvalue weighted by molar-refractivity contribution is 7.99. The molecule has 3 heterocycles. The molecule has 1 unspecified atom stereocenters. The molecule has 1 fully saturated rings. The van der Waals surface area contributed by atoms with Crippen LogP contribution >= 0.6 is 11.8 Å². The number of hydrogen-bond donors (Lipinski definition) is 0. The molecule has 2 aliphatic heterocycles. The van der Waals surface area contributed by atoms with Crippen molar-refractivity contribution in [2.45, 2.75) is 62.6 Å². The largest absolute Gasteiger partial charge is 0.343 e. The standard InChI is InChI=1S/C24H29N3O2S/c28-22(26-12-10-18(11-13-26)14-17-6-2-1-3-7-17)15-19-16-30-24-25-21-9-5-4-8-20(21)23(29)27(19)24/h1-3,6-7,18-19H,4-5,8-16H2. The third-order valence-corrected chi connectivity index (χ3v) is 7.96. The number of thioether (sulfide) groups is 1. The van der Waals surface area contributed by atoms with Gasteiger partial charge in [-0.3, -0.25) is 14.2 Å². The Morgan fingerprint density at radius 1 is 1.10 bits per heavy atom. The highest BCUT2D eigenvalue weighted by Gasteiger charge is 2.32. The van der Waals surface area contributed by atoms with Crippen LogP contribution in [-0.4, -0.2) is 39.2 Å². The monoisotopic (exact) mass is 423 g/mol. The first-order valence-corrected chi connectivity index (χ1v) is 12.3. The van der Waals surface area contributed by atoms with Crippen LogP contribution < -0.4 is 5.56 Å². The summed E-state index contributed by atoms with van der Waals surface area (Å²) in [4.78, 5) is 32.9. The number of rotatable bonds is 4. The predicted molar refractivity (Wildman–Crippen MR) is 119 cm³/mol. The Hall–Kier alpha value is -2.08.